The maximum Gasteiger partial charge on any atom is 0.251 e. The predicted octanol–water partition coefficient (Wildman–Crippen LogP) is 3.85. The Balaban J connectivity index is 2.02. The van der Waals surface area contributed by atoms with Crippen LogP contribution < -0.4 is 5.32 Å². The van der Waals surface area contributed by atoms with Crippen molar-refractivity contribution >= 4 is 17.5 Å². The Kier molecular flexibility index (Phi) is 4.69. The Bertz CT molecular complexity index is 495. The summed E-state index contributed by atoms with van der Waals surface area (Å²) in [4.78, 5) is 16.5. The standard InChI is InChI=1S/C16H23ClN2O/c1-4-5-13-8-12(9-14(17)19-13)15(20)18-10-16(6-7-16)11(2)3/h8-9,11H,4-7,10H2,1-3H3,(H,18,20). The van der Waals surface area contributed by atoms with Crippen molar-refractivity contribution < 1.29 is 4.79 Å². The summed E-state index contributed by atoms with van der Waals surface area (Å²) in [5, 5.41) is 3.45. The van der Waals surface area contributed by atoms with Gasteiger partial charge in [-0.2, -0.15) is 0 Å². The number of aromatic nitrogens is 1. The summed E-state index contributed by atoms with van der Waals surface area (Å²) in [5.74, 6) is 0.568. The number of halogens is 1. The monoisotopic (exact) mass is 294 g/mol. The maximum absolute atomic E-state index is 12.3. The maximum atomic E-state index is 12.3. The van der Waals surface area contributed by atoms with E-state index in [1.54, 1.807) is 6.07 Å². The van der Waals surface area contributed by atoms with Crippen molar-refractivity contribution in [2.24, 2.45) is 11.3 Å². The Morgan fingerprint density at radius 3 is 2.70 bits per heavy atom. The molecule has 0 saturated heterocycles. The number of rotatable bonds is 6. The van der Waals surface area contributed by atoms with Gasteiger partial charge in [0, 0.05) is 17.8 Å². The van der Waals surface area contributed by atoms with Crippen LogP contribution in [0.5, 0.6) is 0 Å². The lowest BCUT2D eigenvalue weighted by molar-refractivity contribution is 0.0939. The van der Waals surface area contributed by atoms with Crippen molar-refractivity contribution in [1.29, 1.82) is 0 Å². The number of hydrogen-bond donors (Lipinski definition) is 1. The molecular formula is C16H23ClN2O. The first-order valence-corrected chi connectivity index (χ1v) is 7.79. The molecule has 1 saturated carbocycles. The molecule has 0 aliphatic heterocycles. The first kappa shape index (κ1) is 15.3. The second kappa shape index (κ2) is 6.13. The van der Waals surface area contributed by atoms with Crippen molar-refractivity contribution in [3.8, 4) is 0 Å². The van der Waals surface area contributed by atoms with Crippen LogP contribution in [0.4, 0.5) is 0 Å². The van der Waals surface area contributed by atoms with E-state index in [2.05, 4.69) is 31.1 Å². The summed E-state index contributed by atoms with van der Waals surface area (Å²) in [7, 11) is 0. The van der Waals surface area contributed by atoms with Gasteiger partial charge in [0.1, 0.15) is 5.15 Å². The highest BCUT2D eigenvalue weighted by molar-refractivity contribution is 6.29. The predicted molar refractivity (Wildman–Crippen MR) is 82.1 cm³/mol. The number of hydrogen-bond acceptors (Lipinski definition) is 2. The first-order valence-electron chi connectivity index (χ1n) is 7.41. The SMILES string of the molecule is CCCc1cc(C(=O)NCC2(C(C)C)CC2)cc(Cl)n1. The lowest BCUT2D eigenvalue weighted by Crippen LogP contribution is -2.32. The number of carbonyl (C=O) groups excluding carboxylic acids is 1. The van der Waals surface area contributed by atoms with E-state index in [9.17, 15) is 4.79 Å². The third kappa shape index (κ3) is 3.51. The summed E-state index contributed by atoms with van der Waals surface area (Å²) in [6.07, 6.45) is 4.26. The zero-order valence-corrected chi connectivity index (χ0v) is 13.3. The molecule has 0 spiro atoms. The summed E-state index contributed by atoms with van der Waals surface area (Å²) in [6.45, 7) is 7.29. The van der Waals surface area contributed by atoms with Gasteiger partial charge in [-0.25, -0.2) is 4.98 Å². The molecule has 0 bridgehead atoms. The van der Waals surface area contributed by atoms with Crippen LogP contribution in [-0.2, 0) is 6.42 Å². The first-order chi connectivity index (χ1) is 9.47. The van der Waals surface area contributed by atoms with Crippen molar-refractivity contribution in [2.75, 3.05) is 6.54 Å². The van der Waals surface area contributed by atoms with Gasteiger partial charge in [0.05, 0.1) is 0 Å². The average molecular weight is 295 g/mol. The Morgan fingerprint density at radius 2 is 2.15 bits per heavy atom. The smallest absolute Gasteiger partial charge is 0.251 e. The molecule has 2 rings (SSSR count). The van der Waals surface area contributed by atoms with Crippen LogP contribution in [0.3, 0.4) is 0 Å². The van der Waals surface area contributed by atoms with Gasteiger partial charge >= 0.3 is 0 Å². The van der Waals surface area contributed by atoms with Gasteiger partial charge in [-0.15, -0.1) is 0 Å². The zero-order valence-electron chi connectivity index (χ0n) is 12.5. The molecule has 1 N–H and O–H groups in total. The highest BCUT2D eigenvalue weighted by atomic mass is 35.5. The summed E-state index contributed by atoms with van der Waals surface area (Å²) in [6, 6.07) is 3.49. The molecule has 0 atom stereocenters. The van der Waals surface area contributed by atoms with E-state index >= 15 is 0 Å². The minimum atomic E-state index is -0.0430. The van der Waals surface area contributed by atoms with Crippen molar-refractivity contribution in [2.45, 2.75) is 46.5 Å². The molecule has 0 unspecified atom stereocenters. The number of aryl methyl sites for hydroxylation is 1. The highest BCUT2D eigenvalue weighted by Gasteiger charge is 2.45. The topological polar surface area (TPSA) is 42.0 Å². The fourth-order valence-corrected chi connectivity index (χ4v) is 2.77. The van der Waals surface area contributed by atoms with Crippen LogP contribution in [0.15, 0.2) is 12.1 Å². The van der Waals surface area contributed by atoms with Gasteiger partial charge in [0.15, 0.2) is 0 Å². The van der Waals surface area contributed by atoms with E-state index in [-0.39, 0.29) is 5.91 Å². The molecule has 1 fully saturated rings. The molecule has 20 heavy (non-hydrogen) atoms. The van der Waals surface area contributed by atoms with Crippen molar-refractivity contribution in [3.05, 3.63) is 28.5 Å². The molecule has 1 heterocycles. The highest BCUT2D eigenvalue weighted by Crippen LogP contribution is 2.51. The van der Waals surface area contributed by atoms with Gasteiger partial charge in [0.25, 0.3) is 5.91 Å². The summed E-state index contributed by atoms with van der Waals surface area (Å²) in [5.41, 5.74) is 1.82. The molecule has 1 aromatic heterocycles. The van der Waals surface area contributed by atoms with E-state index in [0.29, 0.717) is 22.0 Å². The molecule has 4 heteroatoms. The molecule has 3 nitrogen and oxygen atoms in total. The molecule has 1 aliphatic carbocycles. The Morgan fingerprint density at radius 1 is 1.45 bits per heavy atom. The van der Waals surface area contributed by atoms with Crippen molar-refractivity contribution in [3.63, 3.8) is 0 Å². The molecule has 1 aromatic rings. The summed E-state index contributed by atoms with van der Waals surface area (Å²) < 4.78 is 0. The minimum Gasteiger partial charge on any atom is -0.351 e. The number of carbonyl (C=O) groups is 1. The van der Waals surface area contributed by atoms with E-state index in [0.717, 1.165) is 25.1 Å². The third-order valence-electron chi connectivity index (χ3n) is 4.33. The Hall–Kier alpha value is -1.09. The van der Waals surface area contributed by atoms with Crippen molar-refractivity contribution in [1.82, 2.24) is 10.3 Å². The van der Waals surface area contributed by atoms with Gasteiger partial charge in [-0.3, -0.25) is 4.79 Å². The normalized spacial score (nSPS) is 16.2. The molecule has 1 amide bonds. The quantitative estimate of drug-likeness (QED) is 0.810. The van der Waals surface area contributed by atoms with E-state index in [1.807, 2.05) is 6.07 Å². The fourth-order valence-electron chi connectivity index (χ4n) is 2.54. The molecule has 1 aliphatic rings. The molecular weight excluding hydrogens is 272 g/mol. The van der Waals surface area contributed by atoms with Crippen LogP contribution in [0.1, 0.15) is 56.1 Å². The number of nitrogens with one attached hydrogen (secondary N) is 1. The molecule has 0 aromatic carbocycles. The van der Waals surface area contributed by atoms with Crippen LogP contribution in [0.2, 0.25) is 5.15 Å². The van der Waals surface area contributed by atoms with Crippen LogP contribution in [0.25, 0.3) is 0 Å². The number of amides is 1. The lowest BCUT2D eigenvalue weighted by Gasteiger charge is -2.20. The average Bonchev–Trinajstić information content (AvgIpc) is 3.17. The fraction of sp³-hybridized carbons (Fsp3) is 0.625. The van der Waals surface area contributed by atoms with E-state index in [1.165, 1.54) is 12.8 Å². The largest absolute Gasteiger partial charge is 0.351 e. The second-order valence-corrected chi connectivity index (χ2v) is 6.51. The van der Waals surface area contributed by atoms with Crippen LogP contribution >= 0.6 is 11.6 Å². The Labute approximate surface area is 126 Å². The third-order valence-corrected chi connectivity index (χ3v) is 4.53. The van der Waals surface area contributed by atoms with E-state index in [4.69, 9.17) is 11.6 Å². The van der Waals surface area contributed by atoms with Gasteiger partial charge in [-0.1, -0.05) is 38.8 Å². The van der Waals surface area contributed by atoms with Crippen LogP contribution in [-0.4, -0.2) is 17.4 Å². The van der Waals surface area contributed by atoms with Gasteiger partial charge in [0.2, 0.25) is 0 Å². The van der Waals surface area contributed by atoms with E-state index < -0.39 is 0 Å². The minimum absolute atomic E-state index is 0.0430. The van der Waals surface area contributed by atoms with Gasteiger partial charge in [-0.05, 0) is 42.7 Å². The number of nitrogens with zero attached hydrogens (tertiary/aromatic N) is 1. The van der Waals surface area contributed by atoms with Crippen LogP contribution in [0, 0.1) is 11.3 Å². The molecule has 0 radical (unpaired) electrons. The number of pyridine rings is 1. The second-order valence-electron chi connectivity index (χ2n) is 6.12. The molecule has 110 valence electrons. The summed E-state index contributed by atoms with van der Waals surface area (Å²) >= 11 is 5.99. The zero-order chi connectivity index (χ0) is 14.8. The van der Waals surface area contributed by atoms with Gasteiger partial charge < -0.3 is 5.32 Å². The lowest BCUT2D eigenvalue weighted by atomic mass is 9.92.